The summed E-state index contributed by atoms with van der Waals surface area (Å²) < 4.78 is 5.44. The molecule has 5 rings (SSSR count). The van der Waals surface area contributed by atoms with Gasteiger partial charge in [-0.25, -0.2) is 9.97 Å². The predicted octanol–water partition coefficient (Wildman–Crippen LogP) is 4.23. The summed E-state index contributed by atoms with van der Waals surface area (Å²) in [5.74, 6) is 0.996. The monoisotopic (exact) mass is 412 g/mol. The van der Waals surface area contributed by atoms with E-state index in [0.29, 0.717) is 5.25 Å². The minimum atomic E-state index is 0. The largest absolute Gasteiger partial charge is 0.381 e. The molecule has 1 aromatic carbocycles. The van der Waals surface area contributed by atoms with Gasteiger partial charge < -0.3 is 15.4 Å². The molecule has 2 saturated heterocycles. The summed E-state index contributed by atoms with van der Waals surface area (Å²) in [6.07, 6.45) is 9.44. The molecule has 0 radical (unpaired) electrons. The van der Waals surface area contributed by atoms with Gasteiger partial charge in [0.15, 0.2) is 0 Å². The molecule has 2 aromatic rings. The van der Waals surface area contributed by atoms with Crippen LogP contribution < -0.4 is 10.6 Å². The van der Waals surface area contributed by atoms with Gasteiger partial charge in [0.2, 0.25) is 0 Å². The Hall–Kier alpha value is -1.63. The van der Waals surface area contributed by atoms with Crippen LogP contribution in [-0.4, -0.2) is 41.5 Å². The average Bonchev–Trinajstić information content (AvgIpc) is 3.02. The van der Waals surface area contributed by atoms with Gasteiger partial charge in [0.1, 0.15) is 10.8 Å². The predicted molar refractivity (Wildman–Crippen MR) is 119 cm³/mol. The fourth-order valence-corrected chi connectivity index (χ4v) is 5.98. The molecule has 1 atom stereocenters. The number of ether oxygens (including phenoxy) is 1. The highest BCUT2D eigenvalue weighted by Gasteiger charge is 2.45. The van der Waals surface area contributed by atoms with Gasteiger partial charge in [0.25, 0.3) is 0 Å². The number of nitrogens with zero attached hydrogens (tertiary/aromatic N) is 3. The number of benzene rings is 1. The first-order chi connectivity index (χ1) is 13.7. The molecule has 0 unspecified atom stereocenters. The highest BCUT2D eigenvalue weighted by atomic mass is 32.2. The number of thioether (sulfide) groups is 1. The lowest BCUT2D eigenvalue weighted by molar-refractivity contribution is 0.1000. The van der Waals surface area contributed by atoms with Crippen molar-refractivity contribution in [3.05, 3.63) is 47.8 Å². The van der Waals surface area contributed by atoms with Gasteiger partial charge in [-0.15, -0.1) is 11.8 Å². The van der Waals surface area contributed by atoms with Crippen LogP contribution in [0.4, 0.5) is 5.82 Å². The van der Waals surface area contributed by atoms with Crippen LogP contribution in [-0.2, 0) is 11.2 Å². The summed E-state index contributed by atoms with van der Waals surface area (Å²) in [4.78, 5) is 11.8. The Morgan fingerprint density at radius 3 is 2.52 bits per heavy atom. The quantitative estimate of drug-likeness (QED) is 0.814. The normalized spacial score (nSPS) is 23.6. The second kappa shape index (κ2) is 8.62. The average molecular weight is 413 g/mol. The standard InChI is InChI=1S/C22H28N4OS.CH4/c23-21-18-4-2-1-3-16(18)13-22(21)7-9-26(10-8-22)19-14-25-20(15-24-19)28-17-5-11-27-12-6-17;/h1-4,14-15,17,21H,5-13,23H2;1H4/t21-;/m1./s1. The Labute approximate surface area is 178 Å². The minimum Gasteiger partial charge on any atom is -0.381 e. The second-order valence-electron chi connectivity index (χ2n) is 8.35. The molecule has 2 fully saturated rings. The van der Waals surface area contributed by atoms with Crippen LogP contribution in [0.15, 0.2) is 41.7 Å². The van der Waals surface area contributed by atoms with Crippen LogP contribution >= 0.6 is 11.8 Å². The van der Waals surface area contributed by atoms with Crippen LogP contribution in [0.25, 0.3) is 0 Å². The topological polar surface area (TPSA) is 64.3 Å². The smallest absolute Gasteiger partial charge is 0.147 e. The highest BCUT2D eigenvalue weighted by Crippen LogP contribution is 2.50. The number of nitrogens with two attached hydrogens (primary N) is 1. The van der Waals surface area contributed by atoms with Crippen molar-refractivity contribution in [2.24, 2.45) is 11.1 Å². The number of rotatable bonds is 3. The molecule has 3 heterocycles. The summed E-state index contributed by atoms with van der Waals surface area (Å²) >= 11 is 1.84. The van der Waals surface area contributed by atoms with E-state index in [-0.39, 0.29) is 18.9 Å². The summed E-state index contributed by atoms with van der Waals surface area (Å²) in [6.45, 7) is 3.74. The maximum atomic E-state index is 6.69. The van der Waals surface area contributed by atoms with Crippen molar-refractivity contribution in [3.8, 4) is 0 Å². The zero-order valence-electron chi connectivity index (χ0n) is 16.2. The maximum absolute atomic E-state index is 6.69. The van der Waals surface area contributed by atoms with E-state index in [1.807, 2.05) is 24.2 Å². The molecule has 2 aliphatic heterocycles. The third-order valence-corrected chi connectivity index (χ3v) is 8.00. The van der Waals surface area contributed by atoms with E-state index in [9.17, 15) is 0 Å². The Bertz CT molecular complexity index is 814. The summed E-state index contributed by atoms with van der Waals surface area (Å²) in [5, 5.41) is 1.63. The van der Waals surface area contributed by atoms with E-state index >= 15 is 0 Å². The van der Waals surface area contributed by atoms with Gasteiger partial charge in [-0.1, -0.05) is 31.7 Å². The Morgan fingerprint density at radius 2 is 1.83 bits per heavy atom. The summed E-state index contributed by atoms with van der Waals surface area (Å²) in [6, 6.07) is 8.87. The van der Waals surface area contributed by atoms with Crippen molar-refractivity contribution in [2.45, 2.75) is 55.8 Å². The SMILES string of the molecule is C.N[C@@H]1c2ccccc2CC12CCN(c1cnc(SC3CCOCC3)cn1)CC2. The summed E-state index contributed by atoms with van der Waals surface area (Å²) in [5.41, 5.74) is 9.70. The van der Waals surface area contributed by atoms with Crippen LogP contribution in [0.5, 0.6) is 0 Å². The van der Waals surface area contributed by atoms with Gasteiger partial charge in [0, 0.05) is 37.6 Å². The zero-order valence-corrected chi connectivity index (χ0v) is 17.0. The minimum absolute atomic E-state index is 0. The van der Waals surface area contributed by atoms with E-state index in [2.05, 4.69) is 34.1 Å². The number of fused-ring (bicyclic) bond motifs is 1. The number of hydrogen-bond donors (Lipinski definition) is 1. The maximum Gasteiger partial charge on any atom is 0.147 e. The number of piperidine rings is 1. The van der Waals surface area contributed by atoms with Gasteiger partial charge in [0.05, 0.1) is 12.4 Å². The van der Waals surface area contributed by atoms with Gasteiger partial charge in [-0.3, -0.25) is 0 Å². The Kier molecular flexibility index (Phi) is 6.13. The Morgan fingerprint density at radius 1 is 1.07 bits per heavy atom. The van der Waals surface area contributed by atoms with Gasteiger partial charge in [-0.05, 0) is 48.6 Å². The lowest BCUT2D eigenvalue weighted by Gasteiger charge is -2.42. The van der Waals surface area contributed by atoms with E-state index in [0.717, 1.165) is 69.3 Å². The molecule has 1 aliphatic carbocycles. The van der Waals surface area contributed by atoms with Crippen molar-refractivity contribution in [2.75, 3.05) is 31.2 Å². The first-order valence-corrected chi connectivity index (χ1v) is 11.3. The molecular weight excluding hydrogens is 380 g/mol. The molecule has 156 valence electrons. The van der Waals surface area contributed by atoms with Crippen molar-refractivity contribution in [1.82, 2.24) is 9.97 Å². The molecule has 1 spiro atoms. The molecule has 3 aliphatic rings. The van der Waals surface area contributed by atoms with Crippen LogP contribution in [0.1, 0.15) is 50.3 Å². The molecule has 29 heavy (non-hydrogen) atoms. The molecule has 0 saturated carbocycles. The first-order valence-electron chi connectivity index (χ1n) is 10.4. The molecule has 2 N–H and O–H groups in total. The molecule has 6 heteroatoms. The molecule has 0 bridgehead atoms. The molecular formula is C23H32N4OS. The molecule has 5 nitrogen and oxygen atoms in total. The van der Waals surface area contributed by atoms with Crippen molar-refractivity contribution >= 4 is 17.6 Å². The van der Waals surface area contributed by atoms with Crippen LogP contribution in [0.3, 0.4) is 0 Å². The summed E-state index contributed by atoms with van der Waals surface area (Å²) in [7, 11) is 0. The number of anilines is 1. The lowest BCUT2D eigenvalue weighted by Crippen LogP contribution is -2.44. The number of aromatic nitrogens is 2. The molecule has 0 amide bonds. The van der Waals surface area contributed by atoms with E-state index in [1.165, 1.54) is 11.1 Å². The van der Waals surface area contributed by atoms with E-state index in [1.54, 1.807) is 0 Å². The Balaban J connectivity index is 0.00000205. The molecule has 1 aromatic heterocycles. The second-order valence-corrected chi connectivity index (χ2v) is 9.67. The van der Waals surface area contributed by atoms with Crippen molar-refractivity contribution in [1.29, 1.82) is 0 Å². The first kappa shape index (κ1) is 20.6. The van der Waals surface area contributed by atoms with Gasteiger partial charge in [-0.2, -0.15) is 0 Å². The third kappa shape index (κ3) is 4.03. The van der Waals surface area contributed by atoms with Crippen molar-refractivity contribution in [3.63, 3.8) is 0 Å². The fourth-order valence-electron chi connectivity index (χ4n) is 4.98. The third-order valence-electron chi connectivity index (χ3n) is 6.75. The van der Waals surface area contributed by atoms with Gasteiger partial charge >= 0.3 is 0 Å². The fraction of sp³-hybridized carbons (Fsp3) is 0.565. The van der Waals surface area contributed by atoms with E-state index < -0.39 is 0 Å². The van der Waals surface area contributed by atoms with Crippen LogP contribution in [0.2, 0.25) is 0 Å². The number of hydrogen-bond acceptors (Lipinski definition) is 6. The van der Waals surface area contributed by atoms with Crippen molar-refractivity contribution < 1.29 is 4.74 Å². The lowest BCUT2D eigenvalue weighted by atomic mass is 9.73. The zero-order chi connectivity index (χ0) is 19.0. The van der Waals surface area contributed by atoms with Crippen LogP contribution in [0, 0.1) is 5.41 Å². The highest BCUT2D eigenvalue weighted by molar-refractivity contribution is 7.99. The van der Waals surface area contributed by atoms with E-state index in [4.69, 9.17) is 15.5 Å².